The third kappa shape index (κ3) is 4.41. The third-order valence-electron chi connectivity index (χ3n) is 5.53. The topological polar surface area (TPSA) is 113 Å². The standard InChI is InChI=1S/C25H23N3O5/c1-2-5-22-26-13-18(27(22)14-16-8-10-17(11-9-16)25(32)33)12-20-19-6-3-4-7-21(19)28(24(20)31)15-23(29)30/h3-4,6-13H,2,5,14-15H2,1H3,(H,29,30)(H,32,33)/b20-12+. The Kier molecular flexibility index (Phi) is 6.08. The van der Waals surface area contributed by atoms with Gasteiger partial charge in [-0.15, -0.1) is 0 Å². The number of nitrogens with zero attached hydrogens (tertiary/aromatic N) is 3. The first-order valence-corrected chi connectivity index (χ1v) is 10.6. The van der Waals surface area contributed by atoms with Gasteiger partial charge in [-0.3, -0.25) is 14.5 Å². The van der Waals surface area contributed by atoms with E-state index in [1.165, 1.54) is 4.90 Å². The van der Waals surface area contributed by atoms with Crippen LogP contribution in [0.5, 0.6) is 0 Å². The molecule has 2 aromatic carbocycles. The van der Waals surface area contributed by atoms with Gasteiger partial charge in [-0.05, 0) is 36.3 Å². The molecule has 0 fully saturated rings. The molecule has 1 amide bonds. The van der Waals surface area contributed by atoms with Crippen LogP contribution in [0.1, 0.15) is 46.3 Å². The minimum absolute atomic E-state index is 0.215. The summed E-state index contributed by atoms with van der Waals surface area (Å²) in [5.74, 6) is -1.58. The summed E-state index contributed by atoms with van der Waals surface area (Å²) >= 11 is 0. The van der Waals surface area contributed by atoms with E-state index in [2.05, 4.69) is 11.9 Å². The first kappa shape index (κ1) is 22.0. The van der Waals surface area contributed by atoms with Crippen molar-refractivity contribution in [2.24, 2.45) is 0 Å². The van der Waals surface area contributed by atoms with Crippen molar-refractivity contribution in [1.29, 1.82) is 0 Å². The van der Waals surface area contributed by atoms with Gasteiger partial charge in [0, 0.05) is 18.5 Å². The lowest BCUT2D eigenvalue weighted by Gasteiger charge is -2.13. The Hall–Kier alpha value is -4.20. The molecule has 0 bridgehead atoms. The number of carbonyl (C=O) groups is 3. The summed E-state index contributed by atoms with van der Waals surface area (Å²) in [6.07, 6.45) is 5.09. The summed E-state index contributed by atoms with van der Waals surface area (Å²) < 4.78 is 2.00. The monoisotopic (exact) mass is 445 g/mol. The van der Waals surface area contributed by atoms with E-state index in [1.54, 1.807) is 54.7 Å². The summed E-state index contributed by atoms with van der Waals surface area (Å²) in [7, 11) is 0. The zero-order valence-corrected chi connectivity index (χ0v) is 18.1. The van der Waals surface area contributed by atoms with Gasteiger partial charge in [-0.2, -0.15) is 0 Å². The maximum absolute atomic E-state index is 13.1. The molecule has 2 heterocycles. The summed E-state index contributed by atoms with van der Waals surface area (Å²) in [6, 6.07) is 13.8. The number of aliphatic carboxylic acids is 1. The molecule has 1 aliphatic heterocycles. The van der Waals surface area contributed by atoms with Crippen LogP contribution in [0.4, 0.5) is 5.69 Å². The van der Waals surface area contributed by atoms with E-state index in [-0.39, 0.29) is 11.5 Å². The minimum Gasteiger partial charge on any atom is -0.480 e. The van der Waals surface area contributed by atoms with E-state index in [9.17, 15) is 19.5 Å². The summed E-state index contributed by atoms with van der Waals surface area (Å²) in [5, 5.41) is 18.4. The highest BCUT2D eigenvalue weighted by Crippen LogP contribution is 2.37. The van der Waals surface area contributed by atoms with Gasteiger partial charge in [0.2, 0.25) is 0 Å². The second-order valence-corrected chi connectivity index (χ2v) is 7.80. The van der Waals surface area contributed by atoms with Gasteiger partial charge < -0.3 is 14.8 Å². The second kappa shape index (κ2) is 9.12. The van der Waals surface area contributed by atoms with Gasteiger partial charge in [-0.25, -0.2) is 9.78 Å². The van der Waals surface area contributed by atoms with Crippen LogP contribution in [0.25, 0.3) is 11.6 Å². The molecule has 0 aliphatic carbocycles. The highest BCUT2D eigenvalue weighted by molar-refractivity contribution is 6.36. The molecule has 0 radical (unpaired) electrons. The number of anilines is 1. The molecule has 3 aromatic rings. The number of aromatic nitrogens is 2. The Bertz CT molecular complexity index is 1260. The normalized spacial score (nSPS) is 14.0. The van der Waals surface area contributed by atoms with E-state index in [1.807, 2.05) is 10.6 Å². The van der Waals surface area contributed by atoms with Crippen molar-refractivity contribution in [2.45, 2.75) is 26.3 Å². The van der Waals surface area contributed by atoms with Crippen LogP contribution in [0, 0.1) is 0 Å². The maximum Gasteiger partial charge on any atom is 0.335 e. The fraction of sp³-hybridized carbons (Fsp3) is 0.200. The van der Waals surface area contributed by atoms with Gasteiger partial charge in [0.15, 0.2) is 0 Å². The summed E-state index contributed by atoms with van der Waals surface area (Å²) in [4.78, 5) is 41.4. The maximum atomic E-state index is 13.1. The molecule has 0 atom stereocenters. The Morgan fingerprint density at radius 3 is 2.45 bits per heavy atom. The number of imidazole rings is 1. The molecule has 2 N–H and O–H groups in total. The molecular weight excluding hydrogens is 422 g/mol. The van der Waals surface area contributed by atoms with Crippen LogP contribution in [0.3, 0.4) is 0 Å². The molecule has 8 nitrogen and oxygen atoms in total. The zero-order chi connectivity index (χ0) is 23.5. The van der Waals surface area contributed by atoms with E-state index < -0.39 is 18.5 Å². The average Bonchev–Trinajstić information content (AvgIpc) is 3.28. The van der Waals surface area contributed by atoms with Crippen molar-refractivity contribution in [1.82, 2.24) is 9.55 Å². The first-order valence-electron chi connectivity index (χ1n) is 10.6. The molecule has 168 valence electrons. The molecule has 0 unspecified atom stereocenters. The van der Waals surface area contributed by atoms with Crippen molar-refractivity contribution in [3.05, 3.63) is 82.9 Å². The van der Waals surface area contributed by atoms with Crippen LogP contribution >= 0.6 is 0 Å². The number of carbonyl (C=O) groups excluding carboxylic acids is 1. The Labute approximate surface area is 190 Å². The number of aryl methyl sites for hydroxylation is 1. The summed E-state index contributed by atoms with van der Waals surface area (Å²) in [6.45, 7) is 2.10. The second-order valence-electron chi connectivity index (χ2n) is 7.80. The van der Waals surface area contributed by atoms with Crippen molar-refractivity contribution < 1.29 is 24.6 Å². The minimum atomic E-state index is -1.08. The SMILES string of the molecule is CCCc1ncc(/C=C2/C(=O)N(CC(=O)O)c3ccccc32)n1Cc1ccc(C(=O)O)cc1. The molecule has 4 rings (SSSR count). The zero-order valence-electron chi connectivity index (χ0n) is 18.1. The predicted octanol–water partition coefficient (Wildman–Crippen LogP) is 3.55. The van der Waals surface area contributed by atoms with Gasteiger partial charge in [-0.1, -0.05) is 37.3 Å². The van der Waals surface area contributed by atoms with Gasteiger partial charge in [0.25, 0.3) is 5.91 Å². The van der Waals surface area contributed by atoms with E-state index in [0.29, 0.717) is 23.4 Å². The smallest absolute Gasteiger partial charge is 0.335 e. The highest BCUT2D eigenvalue weighted by atomic mass is 16.4. The number of hydrogen-bond donors (Lipinski definition) is 2. The van der Waals surface area contributed by atoms with E-state index in [0.717, 1.165) is 29.9 Å². The lowest BCUT2D eigenvalue weighted by Crippen LogP contribution is -2.32. The number of carboxylic acid groups (broad SMARTS) is 2. The van der Waals surface area contributed by atoms with Crippen molar-refractivity contribution in [3.8, 4) is 0 Å². The van der Waals surface area contributed by atoms with Gasteiger partial charge >= 0.3 is 11.9 Å². The number of hydrogen-bond acceptors (Lipinski definition) is 4. The van der Waals surface area contributed by atoms with Crippen molar-refractivity contribution in [3.63, 3.8) is 0 Å². The summed E-state index contributed by atoms with van der Waals surface area (Å²) in [5.41, 5.74) is 3.50. The molecule has 1 aromatic heterocycles. The number of rotatable bonds is 8. The van der Waals surface area contributed by atoms with Crippen LogP contribution in [-0.4, -0.2) is 44.2 Å². The van der Waals surface area contributed by atoms with Crippen LogP contribution in [-0.2, 0) is 22.6 Å². The predicted molar refractivity (Wildman–Crippen MR) is 123 cm³/mol. The highest BCUT2D eigenvalue weighted by Gasteiger charge is 2.33. The molecule has 0 spiro atoms. The van der Waals surface area contributed by atoms with E-state index >= 15 is 0 Å². The van der Waals surface area contributed by atoms with Crippen LogP contribution in [0.15, 0.2) is 54.7 Å². The van der Waals surface area contributed by atoms with Gasteiger partial charge in [0.05, 0.1) is 28.7 Å². The fourth-order valence-electron chi connectivity index (χ4n) is 3.97. The average molecular weight is 445 g/mol. The lowest BCUT2D eigenvalue weighted by molar-refractivity contribution is -0.136. The number of benzene rings is 2. The quantitative estimate of drug-likeness (QED) is 0.513. The Morgan fingerprint density at radius 1 is 1.06 bits per heavy atom. The number of fused-ring (bicyclic) bond motifs is 1. The molecular formula is C25H23N3O5. The van der Waals surface area contributed by atoms with Crippen LogP contribution < -0.4 is 4.90 Å². The number of carboxylic acids is 2. The Balaban J connectivity index is 1.74. The molecule has 0 saturated heterocycles. The largest absolute Gasteiger partial charge is 0.480 e. The Morgan fingerprint density at radius 2 is 1.79 bits per heavy atom. The fourth-order valence-corrected chi connectivity index (χ4v) is 3.97. The number of aromatic carboxylic acids is 1. The first-order chi connectivity index (χ1) is 15.9. The van der Waals surface area contributed by atoms with Crippen LogP contribution in [0.2, 0.25) is 0 Å². The molecule has 0 saturated carbocycles. The molecule has 1 aliphatic rings. The van der Waals surface area contributed by atoms with Gasteiger partial charge in [0.1, 0.15) is 12.4 Å². The van der Waals surface area contributed by atoms with E-state index in [4.69, 9.17) is 5.11 Å². The number of para-hydroxylation sites is 1. The lowest BCUT2D eigenvalue weighted by atomic mass is 10.1. The van der Waals surface area contributed by atoms with Crippen molar-refractivity contribution >= 4 is 35.2 Å². The number of amides is 1. The molecule has 33 heavy (non-hydrogen) atoms. The van der Waals surface area contributed by atoms with Crippen molar-refractivity contribution in [2.75, 3.05) is 11.4 Å². The third-order valence-corrected chi connectivity index (χ3v) is 5.53. The molecule has 8 heteroatoms.